The summed E-state index contributed by atoms with van der Waals surface area (Å²) in [6.45, 7) is 6.47. The van der Waals surface area contributed by atoms with Crippen LogP contribution in [-0.4, -0.2) is 19.0 Å². The average Bonchev–Trinajstić information content (AvgIpc) is 2.13. The summed E-state index contributed by atoms with van der Waals surface area (Å²) >= 11 is 0. The monoisotopic (exact) mass is 219 g/mol. The first-order valence-corrected chi connectivity index (χ1v) is 5.93. The van der Waals surface area contributed by atoms with Crippen molar-refractivity contribution >= 4 is 0 Å². The molecule has 1 fully saturated rings. The zero-order valence-corrected chi connectivity index (χ0v) is 10.0. The number of alkyl halides is 2. The van der Waals surface area contributed by atoms with E-state index in [1.807, 2.05) is 0 Å². The lowest BCUT2D eigenvalue weighted by molar-refractivity contribution is 0.0981. The summed E-state index contributed by atoms with van der Waals surface area (Å²) in [5.41, 5.74) is 0.222. The van der Waals surface area contributed by atoms with E-state index in [9.17, 15) is 8.78 Å². The second kappa shape index (κ2) is 5.24. The number of halogens is 2. The van der Waals surface area contributed by atoms with Crippen molar-refractivity contribution in [2.24, 2.45) is 11.3 Å². The Bertz CT molecular complexity index is 187. The van der Waals surface area contributed by atoms with Gasteiger partial charge in [0.05, 0.1) is 6.54 Å². The second-order valence-electron chi connectivity index (χ2n) is 5.66. The predicted molar refractivity (Wildman–Crippen MR) is 59.2 cm³/mol. The Balaban J connectivity index is 2.50. The molecule has 1 N–H and O–H groups in total. The average molecular weight is 219 g/mol. The molecule has 0 saturated heterocycles. The minimum atomic E-state index is -2.23. The van der Waals surface area contributed by atoms with E-state index in [-0.39, 0.29) is 18.0 Å². The Morgan fingerprint density at radius 1 is 1.20 bits per heavy atom. The molecule has 0 aromatic carbocycles. The summed E-state index contributed by atoms with van der Waals surface area (Å²) in [4.78, 5) is 0. The van der Waals surface area contributed by atoms with Gasteiger partial charge in [-0.1, -0.05) is 33.6 Å². The fourth-order valence-electron chi connectivity index (χ4n) is 2.65. The normalized spacial score (nSPS) is 28.4. The van der Waals surface area contributed by atoms with Crippen LogP contribution in [0.4, 0.5) is 8.78 Å². The van der Waals surface area contributed by atoms with Crippen molar-refractivity contribution < 1.29 is 8.78 Å². The third-order valence-corrected chi connectivity index (χ3v) is 3.41. The number of hydrogen-bond acceptors (Lipinski definition) is 1. The van der Waals surface area contributed by atoms with E-state index < -0.39 is 6.43 Å². The summed E-state index contributed by atoms with van der Waals surface area (Å²) in [7, 11) is 0. The van der Waals surface area contributed by atoms with Gasteiger partial charge in [-0.15, -0.1) is 0 Å². The number of nitrogens with one attached hydrogen (secondary N) is 1. The molecule has 3 heteroatoms. The number of rotatable bonds is 3. The molecule has 2 unspecified atom stereocenters. The number of hydrogen-bond donors (Lipinski definition) is 1. The van der Waals surface area contributed by atoms with Crippen LogP contribution >= 0.6 is 0 Å². The molecule has 1 aliphatic rings. The van der Waals surface area contributed by atoms with E-state index in [2.05, 4.69) is 26.1 Å². The maximum absolute atomic E-state index is 12.2. The molecule has 0 aliphatic heterocycles. The lowest BCUT2D eigenvalue weighted by Crippen LogP contribution is -2.45. The SMILES string of the molecule is CC(C)(C)C1CCCCC1NCC(F)F. The predicted octanol–water partition coefficient (Wildman–Crippen LogP) is 3.45. The highest BCUT2D eigenvalue weighted by atomic mass is 19.3. The fourth-order valence-corrected chi connectivity index (χ4v) is 2.65. The van der Waals surface area contributed by atoms with Crippen LogP contribution in [0.1, 0.15) is 46.5 Å². The molecule has 0 amide bonds. The molecule has 0 aromatic heterocycles. The van der Waals surface area contributed by atoms with E-state index >= 15 is 0 Å². The van der Waals surface area contributed by atoms with Crippen molar-refractivity contribution in [3.05, 3.63) is 0 Å². The second-order valence-corrected chi connectivity index (χ2v) is 5.66. The third kappa shape index (κ3) is 4.06. The molecule has 2 atom stereocenters. The summed E-state index contributed by atoms with van der Waals surface area (Å²) < 4.78 is 24.3. The summed E-state index contributed by atoms with van der Waals surface area (Å²) in [6, 6.07) is 0.285. The van der Waals surface area contributed by atoms with Gasteiger partial charge in [-0.2, -0.15) is 0 Å². The van der Waals surface area contributed by atoms with Crippen molar-refractivity contribution in [1.82, 2.24) is 5.32 Å². The molecule has 1 nitrogen and oxygen atoms in total. The van der Waals surface area contributed by atoms with Crippen LogP contribution < -0.4 is 5.32 Å². The maximum Gasteiger partial charge on any atom is 0.250 e. The van der Waals surface area contributed by atoms with Gasteiger partial charge in [0.25, 0.3) is 6.43 Å². The standard InChI is InChI=1S/C12H23F2N/c1-12(2,3)9-6-4-5-7-10(9)15-8-11(13)14/h9-11,15H,4-8H2,1-3H3. The molecule has 15 heavy (non-hydrogen) atoms. The van der Waals surface area contributed by atoms with Gasteiger partial charge in [-0.3, -0.25) is 0 Å². The summed E-state index contributed by atoms with van der Waals surface area (Å²) in [5, 5.41) is 3.03. The van der Waals surface area contributed by atoms with Crippen molar-refractivity contribution in [2.45, 2.75) is 58.9 Å². The van der Waals surface area contributed by atoms with Crippen molar-refractivity contribution in [1.29, 1.82) is 0 Å². The topological polar surface area (TPSA) is 12.0 Å². The van der Waals surface area contributed by atoms with E-state index in [1.165, 1.54) is 19.3 Å². The van der Waals surface area contributed by atoms with Crippen LogP contribution in [0.5, 0.6) is 0 Å². The van der Waals surface area contributed by atoms with Gasteiger partial charge in [-0.05, 0) is 24.2 Å². The molecule has 0 bridgehead atoms. The maximum atomic E-state index is 12.2. The van der Waals surface area contributed by atoms with Crippen LogP contribution in [0, 0.1) is 11.3 Å². The van der Waals surface area contributed by atoms with Crippen LogP contribution in [0.15, 0.2) is 0 Å². The molecule has 0 spiro atoms. The van der Waals surface area contributed by atoms with Gasteiger partial charge >= 0.3 is 0 Å². The Morgan fingerprint density at radius 3 is 2.33 bits per heavy atom. The van der Waals surface area contributed by atoms with Crippen LogP contribution in [0.3, 0.4) is 0 Å². The molecule has 1 saturated carbocycles. The van der Waals surface area contributed by atoms with Crippen LogP contribution in [0.25, 0.3) is 0 Å². The van der Waals surface area contributed by atoms with Crippen molar-refractivity contribution in [3.8, 4) is 0 Å². The first-order chi connectivity index (χ1) is 6.91. The highest BCUT2D eigenvalue weighted by molar-refractivity contribution is 4.88. The van der Waals surface area contributed by atoms with Gasteiger partial charge in [0.1, 0.15) is 0 Å². The lowest BCUT2D eigenvalue weighted by Gasteiger charge is -2.41. The quantitative estimate of drug-likeness (QED) is 0.766. The first-order valence-electron chi connectivity index (χ1n) is 5.93. The van der Waals surface area contributed by atoms with E-state index in [0.717, 1.165) is 6.42 Å². The van der Waals surface area contributed by atoms with Gasteiger partial charge in [-0.25, -0.2) is 8.78 Å². The summed E-state index contributed by atoms with van der Waals surface area (Å²) in [5.74, 6) is 0.532. The largest absolute Gasteiger partial charge is 0.308 e. The summed E-state index contributed by atoms with van der Waals surface area (Å²) in [6.07, 6.45) is 2.41. The Labute approximate surface area is 91.6 Å². The van der Waals surface area contributed by atoms with Gasteiger partial charge in [0, 0.05) is 6.04 Å². The highest BCUT2D eigenvalue weighted by Gasteiger charge is 2.33. The molecule has 0 aromatic rings. The van der Waals surface area contributed by atoms with Gasteiger partial charge in [0.2, 0.25) is 0 Å². The van der Waals surface area contributed by atoms with Gasteiger partial charge in [0.15, 0.2) is 0 Å². The van der Waals surface area contributed by atoms with E-state index in [4.69, 9.17) is 0 Å². The highest BCUT2D eigenvalue weighted by Crippen LogP contribution is 2.37. The minimum absolute atomic E-state index is 0.156. The third-order valence-electron chi connectivity index (χ3n) is 3.41. The lowest BCUT2D eigenvalue weighted by atomic mass is 9.69. The Kier molecular flexibility index (Phi) is 4.50. The zero-order chi connectivity index (χ0) is 11.5. The van der Waals surface area contributed by atoms with Gasteiger partial charge < -0.3 is 5.32 Å². The molecule has 0 radical (unpaired) electrons. The van der Waals surface area contributed by atoms with Crippen LogP contribution in [0.2, 0.25) is 0 Å². The van der Waals surface area contributed by atoms with Crippen molar-refractivity contribution in [3.63, 3.8) is 0 Å². The van der Waals surface area contributed by atoms with E-state index in [0.29, 0.717) is 5.92 Å². The first kappa shape index (κ1) is 12.9. The molecule has 90 valence electrons. The zero-order valence-electron chi connectivity index (χ0n) is 10.0. The van der Waals surface area contributed by atoms with E-state index in [1.54, 1.807) is 0 Å². The van der Waals surface area contributed by atoms with Crippen LogP contribution in [-0.2, 0) is 0 Å². The fraction of sp³-hybridized carbons (Fsp3) is 1.00. The Morgan fingerprint density at radius 2 is 1.80 bits per heavy atom. The smallest absolute Gasteiger partial charge is 0.250 e. The molecule has 1 rings (SSSR count). The van der Waals surface area contributed by atoms with Crippen molar-refractivity contribution in [2.75, 3.05) is 6.54 Å². The molecular weight excluding hydrogens is 196 g/mol. The molecular formula is C12H23F2N. The Hall–Kier alpha value is -0.180. The minimum Gasteiger partial charge on any atom is -0.308 e. The molecule has 0 heterocycles. The molecule has 1 aliphatic carbocycles.